The Kier molecular flexibility index (Phi) is 5.32. The maximum absolute atomic E-state index is 11.4. The summed E-state index contributed by atoms with van der Waals surface area (Å²) < 4.78 is 5.28. The molecule has 19 heavy (non-hydrogen) atoms. The second-order valence-corrected chi connectivity index (χ2v) is 3.54. The lowest BCUT2D eigenvalue weighted by Crippen LogP contribution is -2.37. The van der Waals surface area contributed by atoms with E-state index in [1.54, 1.807) is 24.3 Å². The lowest BCUT2D eigenvalue weighted by atomic mass is 10.2. The van der Waals surface area contributed by atoms with Gasteiger partial charge in [-0.2, -0.15) is 5.26 Å². The molecule has 0 saturated heterocycles. The number of nitrogens with one attached hydrogen (secondary N) is 1. The predicted octanol–water partition coefficient (Wildman–Crippen LogP) is 0.458. The third-order valence-electron chi connectivity index (χ3n) is 2.03. The van der Waals surface area contributed by atoms with Crippen molar-refractivity contribution in [1.82, 2.24) is 5.48 Å². The van der Waals surface area contributed by atoms with E-state index >= 15 is 0 Å². The van der Waals surface area contributed by atoms with Gasteiger partial charge in [-0.3, -0.25) is 9.63 Å². The van der Waals surface area contributed by atoms with Crippen LogP contribution in [0.25, 0.3) is 0 Å². The smallest absolute Gasteiger partial charge is 0.332 e. The normalized spacial score (nSPS) is 11.2. The van der Waals surface area contributed by atoms with E-state index in [1.165, 1.54) is 6.92 Å². The van der Waals surface area contributed by atoms with Gasteiger partial charge in [0, 0.05) is 0 Å². The van der Waals surface area contributed by atoms with Gasteiger partial charge in [-0.15, -0.1) is 0 Å². The molecule has 1 rings (SSSR count). The first-order valence-electron chi connectivity index (χ1n) is 5.33. The summed E-state index contributed by atoms with van der Waals surface area (Å²) in [6.45, 7) is 0.854. The van der Waals surface area contributed by atoms with E-state index in [9.17, 15) is 9.59 Å². The minimum absolute atomic E-state index is 0.417. The molecule has 7 nitrogen and oxygen atoms in total. The van der Waals surface area contributed by atoms with Crippen molar-refractivity contribution in [2.75, 3.05) is 6.61 Å². The van der Waals surface area contributed by atoms with Crippen LogP contribution in [0.2, 0.25) is 0 Å². The van der Waals surface area contributed by atoms with Crippen LogP contribution in [0.15, 0.2) is 24.3 Å². The molecule has 1 aromatic rings. The molecule has 1 atom stereocenters. The molecule has 7 heteroatoms. The van der Waals surface area contributed by atoms with E-state index in [1.807, 2.05) is 11.5 Å². The molecule has 1 amide bonds. The third-order valence-corrected chi connectivity index (χ3v) is 2.03. The van der Waals surface area contributed by atoms with Crippen molar-refractivity contribution < 1.29 is 24.3 Å². The number of amides is 1. The number of nitriles is 1. The molecule has 0 aliphatic rings. The Morgan fingerprint density at radius 3 is 2.58 bits per heavy atom. The molecule has 0 bridgehead atoms. The Bertz CT molecular complexity index is 492. The van der Waals surface area contributed by atoms with Gasteiger partial charge in [-0.1, -0.05) is 0 Å². The fourth-order valence-electron chi connectivity index (χ4n) is 1.12. The van der Waals surface area contributed by atoms with Gasteiger partial charge < -0.3 is 9.84 Å². The number of hydrogen-bond acceptors (Lipinski definition) is 5. The second-order valence-electron chi connectivity index (χ2n) is 3.54. The molecule has 0 aromatic heterocycles. The van der Waals surface area contributed by atoms with Crippen LogP contribution in [0.1, 0.15) is 12.5 Å². The summed E-state index contributed by atoms with van der Waals surface area (Å²) in [6.07, 6.45) is -0.860. The highest BCUT2D eigenvalue weighted by molar-refractivity contribution is 5.80. The van der Waals surface area contributed by atoms with Gasteiger partial charge in [0.2, 0.25) is 0 Å². The maximum atomic E-state index is 11.4. The number of nitrogens with zero attached hydrogens (tertiary/aromatic N) is 1. The number of hydroxylamine groups is 1. The number of carbonyl (C=O) groups is 2. The zero-order valence-electron chi connectivity index (χ0n) is 10.1. The SMILES string of the molecule is CC(Oc1ccc(C#N)cc1)C(=O)NOCC(=O)O. The van der Waals surface area contributed by atoms with Crippen molar-refractivity contribution in [2.45, 2.75) is 13.0 Å². The topological polar surface area (TPSA) is 109 Å². The highest BCUT2D eigenvalue weighted by atomic mass is 16.7. The number of carboxylic acid groups (broad SMARTS) is 1. The van der Waals surface area contributed by atoms with Gasteiger partial charge in [0.15, 0.2) is 12.7 Å². The van der Waals surface area contributed by atoms with E-state index in [0.29, 0.717) is 11.3 Å². The van der Waals surface area contributed by atoms with Crippen molar-refractivity contribution in [2.24, 2.45) is 0 Å². The number of hydrogen-bond donors (Lipinski definition) is 2. The Morgan fingerprint density at radius 1 is 1.42 bits per heavy atom. The quantitative estimate of drug-likeness (QED) is 0.722. The lowest BCUT2D eigenvalue weighted by Gasteiger charge is -2.13. The molecule has 100 valence electrons. The summed E-state index contributed by atoms with van der Waals surface area (Å²) in [4.78, 5) is 26.0. The molecule has 1 aromatic carbocycles. The summed E-state index contributed by atoms with van der Waals surface area (Å²) in [5, 5.41) is 16.9. The van der Waals surface area contributed by atoms with Gasteiger partial charge in [-0.25, -0.2) is 10.3 Å². The monoisotopic (exact) mass is 264 g/mol. The van der Waals surface area contributed by atoms with Crippen LogP contribution in [0.3, 0.4) is 0 Å². The highest BCUT2D eigenvalue weighted by Crippen LogP contribution is 2.13. The van der Waals surface area contributed by atoms with Crippen LogP contribution in [0.5, 0.6) is 5.75 Å². The first kappa shape index (κ1) is 14.5. The maximum Gasteiger partial charge on any atom is 0.332 e. The third kappa shape index (κ3) is 5.06. The second kappa shape index (κ2) is 6.98. The van der Waals surface area contributed by atoms with Crippen LogP contribution >= 0.6 is 0 Å². The van der Waals surface area contributed by atoms with Crippen molar-refractivity contribution >= 4 is 11.9 Å². The first-order chi connectivity index (χ1) is 9.02. The van der Waals surface area contributed by atoms with Crippen LogP contribution in [-0.2, 0) is 14.4 Å². The lowest BCUT2D eigenvalue weighted by molar-refractivity contribution is -0.151. The summed E-state index contributed by atoms with van der Waals surface area (Å²) >= 11 is 0. The molecular weight excluding hydrogens is 252 g/mol. The Labute approximate surface area is 109 Å². The van der Waals surface area contributed by atoms with Crippen LogP contribution in [-0.4, -0.2) is 29.7 Å². The summed E-state index contributed by atoms with van der Waals surface area (Å²) in [7, 11) is 0. The number of rotatable bonds is 6. The minimum atomic E-state index is -1.19. The number of carbonyl (C=O) groups excluding carboxylic acids is 1. The molecule has 0 saturated carbocycles. The molecule has 0 spiro atoms. The van der Waals surface area contributed by atoms with Crippen molar-refractivity contribution in [3.8, 4) is 11.8 Å². The van der Waals surface area contributed by atoms with Gasteiger partial charge in [0.05, 0.1) is 11.6 Å². The molecular formula is C12H12N2O5. The Balaban J connectivity index is 2.44. The Morgan fingerprint density at radius 2 is 2.05 bits per heavy atom. The van der Waals surface area contributed by atoms with Crippen LogP contribution < -0.4 is 10.2 Å². The molecule has 0 radical (unpaired) electrons. The molecule has 0 fully saturated rings. The van der Waals surface area contributed by atoms with E-state index < -0.39 is 24.6 Å². The molecule has 1 unspecified atom stereocenters. The summed E-state index contributed by atoms with van der Waals surface area (Å²) in [5.41, 5.74) is 2.44. The highest BCUT2D eigenvalue weighted by Gasteiger charge is 2.15. The van der Waals surface area contributed by atoms with Gasteiger partial charge in [-0.05, 0) is 31.2 Å². The largest absolute Gasteiger partial charge is 0.481 e. The van der Waals surface area contributed by atoms with E-state index in [4.69, 9.17) is 15.1 Å². The standard InChI is InChI=1S/C12H12N2O5/c1-8(12(17)14-18-7-11(15)16)19-10-4-2-9(6-13)3-5-10/h2-5,8H,7H2,1H3,(H,14,17)(H,15,16). The average Bonchev–Trinajstić information content (AvgIpc) is 2.39. The van der Waals surface area contributed by atoms with Crippen LogP contribution in [0.4, 0.5) is 0 Å². The first-order valence-corrected chi connectivity index (χ1v) is 5.33. The van der Waals surface area contributed by atoms with E-state index in [-0.39, 0.29) is 0 Å². The fraction of sp³-hybridized carbons (Fsp3) is 0.250. The predicted molar refractivity (Wildman–Crippen MR) is 63.0 cm³/mol. The van der Waals surface area contributed by atoms with Gasteiger partial charge in [0.1, 0.15) is 5.75 Å². The van der Waals surface area contributed by atoms with E-state index in [0.717, 1.165) is 0 Å². The van der Waals surface area contributed by atoms with Crippen molar-refractivity contribution in [3.05, 3.63) is 29.8 Å². The van der Waals surface area contributed by atoms with Crippen molar-refractivity contribution in [1.29, 1.82) is 5.26 Å². The van der Waals surface area contributed by atoms with Crippen LogP contribution in [0, 0.1) is 11.3 Å². The molecule has 0 aliphatic carbocycles. The zero-order valence-corrected chi connectivity index (χ0v) is 10.1. The number of ether oxygens (including phenoxy) is 1. The van der Waals surface area contributed by atoms with E-state index in [2.05, 4.69) is 4.84 Å². The zero-order chi connectivity index (χ0) is 14.3. The molecule has 0 aliphatic heterocycles. The Hall–Kier alpha value is -2.59. The fourth-order valence-corrected chi connectivity index (χ4v) is 1.12. The number of aliphatic carboxylic acids is 1. The number of benzene rings is 1. The molecule has 0 heterocycles. The van der Waals surface area contributed by atoms with Gasteiger partial charge >= 0.3 is 5.97 Å². The minimum Gasteiger partial charge on any atom is -0.481 e. The van der Waals surface area contributed by atoms with Gasteiger partial charge in [0.25, 0.3) is 5.91 Å². The molecule has 2 N–H and O–H groups in total. The summed E-state index contributed by atoms with van der Waals surface area (Å²) in [5.74, 6) is -1.38. The summed E-state index contributed by atoms with van der Waals surface area (Å²) in [6, 6.07) is 8.18. The van der Waals surface area contributed by atoms with Crippen molar-refractivity contribution in [3.63, 3.8) is 0 Å². The number of carboxylic acids is 1. The average molecular weight is 264 g/mol.